The van der Waals surface area contributed by atoms with E-state index in [1.54, 1.807) is 11.8 Å². The molecule has 1 unspecified atom stereocenters. The van der Waals surface area contributed by atoms with Gasteiger partial charge in [0.25, 0.3) is 0 Å². The molecule has 0 saturated carbocycles. The number of hydrogen-bond acceptors (Lipinski definition) is 3. The molecule has 2 fully saturated rings. The van der Waals surface area contributed by atoms with Crippen LogP contribution >= 0.6 is 23.4 Å². The Balaban J connectivity index is 1.63. The largest absolute Gasteiger partial charge is 0.342 e. The number of nitrogens with zero attached hydrogens (tertiary/aromatic N) is 2. The maximum absolute atomic E-state index is 12.4. The van der Waals surface area contributed by atoms with E-state index in [9.17, 15) is 9.59 Å². The molecule has 0 aliphatic carbocycles. The zero-order valence-electron chi connectivity index (χ0n) is 14.8. The van der Waals surface area contributed by atoms with Crippen LogP contribution in [0.4, 0.5) is 0 Å². The maximum atomic E-state index is 12.4. The van der Waals surface area contributed by atoms with Crippen molar-refractivity contribution in [2.45, 2.75) is 32.1 Å². The lowest BCUT2D eigenvalue weighted by atomic mass is 9.95. The van der Waals surface area contributed by atoms with E-state index in [0.29, 0.717) is 11.7 Å². The van der Waals surface area contributed by atoms with Gasteiger partial charge in [0.05, 0.1) is 5.75 Å². The van der Waals surface area contributed by atoms with E-state index in [0.717, 1.165) is 43.1 Å². The Morgan fingerprint density at radius 1 is 1.28 bits per heavy atom. The molecule has 6 heteroatoms. The second-order valence-corrected chi connectivity index (χ2v) is 8.63. The van der Waals surface area contributed by atoms with Crippen molar-refractivity contribution in [1.29, 1.82) is 0 Å². The third kappa shape index (κ3) is 4.14. The summed E-state index contributed by atoms with van der Waals surface area (Å²) in [6.07, 6.45) is 1.92. The van der Waals surface area contributed by atoms with Crippen molar-refractivity contribution in [3.05, 3.63) is 34.9 Å². The van der Waals surface area contributed by atoms with Gasteiger partial charge in [-0.3, -0.25) is 9.59 Å². The third-order valence-electron chi connectivity index (χ3n) is 5.01. The van der Waals surface area contributed by atoms with Gasteiger partial charge < -0.3 is 9.80 Å². The molecule has 1 aromatic rings. The molecule has 2 amide bonds. The van der Waals surface area contributed by atoms with Gasteiger partial charge >= 0.3 is 0 Å². The molecule has 0 N–H and O–H groups in total. The highest BCUT2D eigenvalue weighted by Crippen LogP contribution is 2.42. The molecule has 136 valence electrons. The summed E-state index contributed by atoms with van der Waals surface area (Å²) in [4.78, 5) is 28.5. The Labute approximate surface area is 158 Å². The smallest absolute Gasteiger partial charge is 0.233 e. The van der Waals surface area contributed by atoms with Gasteiger partial charge in [0.15, 0.2) is 0 Å². The number of benzene rings is 1. The summed E-state index contributed by atoms with van der Waals surface area (Å²) in [6, 6.07) is 7.78. The molecule has 0 aromatic heterocycles. The minimum absolute atomic E-state index is 0.0107. The molecule has 0 radical (unpaired) electrons. The maximum Gasteiger partial charge on any atom is 0.233 e. The van der Waals surface area contributed by atoms with Gasteiger partial charge in [-0.15, -0.1) is 11.8 Å². The SMILES string of the molecule is CC(C)C(=O)N1CCC(CN2C(=O)CSC2c2ccccc2Cl)CC1. The van der Waals surface area contributed by atoms with Gasteiger partial charge in [-0.2, -0.15) is 0 Å². The highest BCUT2D eigenvalue weighted by molar-refractivity contribution is 8.00. The number of carbonyl (C=O) groups is 2. The second-order valence-electron chi connectivity index (χ2n) is 7.15. The summed E-state index contributed by atoms with van der Waals surface area (Å²) >= 11 is 8.00. The monoisotopic (exact) mass is 380 g/mol. The van der Waals surface area contributed by atoms with Crippen LogP contribution in [0.5, 0.6) is 0 Å². The average Bonchev–Trinajstić information content (AvgIpc) is 2.96. The molecule has 3 rings (SSSR count). The lowest BCUT2D eigenvalue weighted by Gasteiger charge is -2.36. The summed E-state index contributed by atoms with van der Waals surface area (Å²) in [5.41, 5.74) is 1.02. The Morgan fingerprint density at radius 2 is 1.96 bits per heavy atom. The predicted octanol–water partition coefficient (Wildman–Crippen LogP) is 3.81. The molecule has 4 nitrogen and oxygen atoms in total. The number of halogens is 1. The van der Waals surface area contributed by atoms with Gasteiger partial charge in [0.1, 0.15) is 5.37 Å². The summed E-state index contributed by atoms with van der Waals surface area (Å²) < 4.78 is 0. The molecule has 25 heavy (non-hydrogen) atoms. The fourth-order valence-corrected chi connectivity index (χ4v) is 5.10. The van der Waals surface area contributed by atoms with E-state index >= 15 is 0 Å². The first-order valence-electron chi connectivity index (χ1n) is 8.91. The van der Waals surface area contributed by atoms with E-state index in [1.165, 1.54) is 0 Å². The summed E-state index contributed by atoms with van der Waals surface area (Å²) in [5.74, 6) is 1.44. The quantitative estimate of drug-likeness (QED) is 0.797. The summed E-state index contributed by atoms with van der Waals surface area (Å²) in [7, 11) is 0. The molecule has 1 atom stereocenters. The van der Waals surface area contributed by atoms with E-state index in [4.69, 9.17) is 11.6 Å². The molecule has 2 aliphatic heterocycles. The van der Waals surface area contributed by atoms with Crippen LogP contribution in [0.15, 0.2) is 24.3 Å². The normalized spacial score (nSPS) is 22.1. The first-order valence-corrected chi connectivity index (χ1v) is 10.3. The number of piperidine rings is 1. The lowest BCUT2D eigenvalue weighted by Crippen LogP contribution is -2.43. The third-order valence-corrected chi connectivity index (χ3v) is 6.60. The standard InChI is InChI=1S/C19H25ClN2O2S/c1-13(2)18(24)21-9-7-14(8-10-21)11-22-17(23)12-25-19(22)15-5-3-4-6-16(15)20/h3-6,13-14,19H,7-12H2,1-2H3. The first kappa shape index (κ1) is 18.6. The Bertz CT molecular complexity index is 644. The van der Waals surface area contributed by atoms with Crippen molar-refractivity contribution in [1.82, 2.24) is 9.80 Å². The van der Waals surface area contributed by atoms with Crippen molar-refractivity contribution in [3.8, 4) is 0 Å². The zero-order chi connectivity index (χ0) is 18.0. The zero-order valence-corrected chi connectivity index (χ0v) is 16.4. The number of carbonyl (C=O) groups excluding carboxylic acids is 2. The molecule has 0 spiro atoms. The van der Waals surface area contributed by atoms with E-state index in [1.807, 2.05) is 47.9 Å². The number of likely N-dealkylation sites (tertiary alicyclic amines) is 1. The second kappa shape index (κ2) is 8.00. The summed E-state index contributed by atoms with van der Waals surface area (Å²) in [6.45, 7) is 6.25. The number of thioether (sulfide) groups is 1. The highest BCUT2D eigenvalue weighted by atomic mass is 35.5. The van der Waals surface area contributed by atoms with Crippen LogP contribution in [0.25, 0.3) is 0 Å². The Kier molecular flexibility index (Phi) is 5.95. The Morgan fingerprint density at radius 3 is 2.60 bits per heavy atom. The number of rotatable bonds is 4. The van der Waals surface area contributed by atoms with Gasteiger partial charge in [-0.1, -0.05) is 43.6 Å². The van der Waals surface area contributed by atoms with Crippen LogP contribution in [0.2, 0.25) is 5.02 Å². The first-order chi connectivity index (χ1) is 12.0. The van der Waals surface area contributed by atoms with Crippen molar-refractivity contribution in [2.24, 2.45) is 11.8 Å². The van der Waals surface area contributed by atoms with Crippen LogP contribution in [-0.2, 0) is 9.59 Å². The number of amides is 2. The van der Waals surface area contributed by atoms with Crippen molar-refractivity contribution in [3.63, 3.8) is 0 Å². The lowest BCUT2D eigenvalue weighted by molar-refractivity contribution is -0.136. The molecular formula is C19H25ClN2O2S. The Hall–Kier alpha value is -1.20. The molecular weight excluding hydrogens is 356 g/mol. The van der Waals surface area contributed by atoms with E-state index < -0.39 is 0 Å². The van der Waals surface area contributed by atoms with Crippen LogP contribution < -0.4 is 0 Å². The highest BCUT2D eigenvalue weighted by Gasteiger charge is 2.36. The van der Waals surface area contributed by atoms with E-state index in [-0.39, 0.29) is 23.1 Å². The van der Waals surface area contributed by atoms with E-state index in [2.05, 4.69) is 0 Å². The fraction of sp³-hybridized carbons (Fsp3) is 0.579. The minimum atomic E-state index is 0.0107. The van der Waals surface area contributed by atoms with Crippen LogP contribution in [0.3, 0.4) is 0 Å². The molecule has 1 aromatic carbocycles. The summed E-state index contributed by atoms with van der Waals surface area (Å²) in [5, 5.41) is 0.730. The molecule has 2 saturated heterocycles. The van der Waals surface area contributed by atoms with Crippen molar-refractivity contribution >= 4 is 35.2 Å². The van der Waals surface area contributed by atoms with Gasteiger partial charge in [0, 0.05) is 36.1 Å². The topological polar surface area (TPSA) is 40.6 Å². The average molecular weight is 381 g/mol. The van der Waals surface area contributed by atoms with Crippen molar-refractivity contribution < 1.29 is 9.59 Å². The van der Waals surface area contributed by atoms with Crippen LogP contribution in [-0.4, -0.2) is 47.0 Å². The minimum Gasteiger partial charge on any atom is -0.342 e. The van der Waals surface area contributed by atoms with Crippen LogP contribution in [0.1, 0.15) is 37.6 Å². The molecule has 2 heterocycles. The molecule has 0 bridgehead atoms. The van der Waals surface area contributed by atoms with Gasteiger partial charge in [0.2, 0.25) is 11.8 Å². The number of hydrogen-bond donors (Lipinski definition) is 0. The molecule has 2 aliphatic rings. The van der Waals surface area contributed by atoms with Gasteiger partial charge in [-0.05, 0) is 24.8 Å². The van der Waals surface area contributed by atoms with Crippen LogP contribution in [0, 0.1) is 11.8 Å². The fourth-order valence-electron chi connectivity index (χ4n) is 3.56. The van der Waals surface area contributed by atoms with Crippen molar-refractivity contribution in [2.75, 3.05) is 25.4 Å². The predicted molar refractivity (Wildman–Crippen MR) is 103 cm³/mol. The van der Waals surface area contributed by atoms with Gasteiger partial charge in [-0.25, -0.2) is 0 Å².